The van der Waals surface area contributed by atoms with Gasteiger partial charge in [0.1, 0.15) is 23.0 Å². The van der Waals surface area contributed by atoms with Gasteiger partial charge in [-0.2, -0.15) is 0 Å². The van der Waals surface area contributed by atoms with Gasteiger partial charge < -0.3 is 19.5 Å². The molecule has 2 bridgehead atoms. The number of carboxylic acid groups (broad SMARTS) is 1. The van der Waals surface area contributed by atoms with Crippen LogP contribution in [0.5, 0.6) is 11.5 Å². The number of rotatable bonds is 4. The van der Waals surface area contributed by atoms with Crippen LogP contribution in [-0.2, 0) is 14.3 Å². The second-order valence-corrected chi connectivity index (χ2v) is 7.07. The number of amides is 1. The number of carbonyl (C=O) groups excluding carboxylic acids is 1. The second-order valence-electron chi connectivity index (χ2n) is 7.07. The SMILES string of the molecule is O=C(O)[C@@H]1[C@H]2C=C[C@]3(CN(c4ccc(Oc5ccccc5)cc4)C(=O)[C@@H]13)O2. The van der Waals surface area contributed by atoms with E-state index in [9.17, 15) is 14.7 Å². The van der Waals surface area contributed by atoms with Crippen LogP contribution in [-0.4, -0.2) is 35.2 Å². The zero-order chi connectivity index (χ0) is 18.6. The molecule has 1 amide bonds. The van der Waals surface area contributed by atoms with Crippen LogP contribution in [0.4, 0.5) is 5.69 Å². The first-order valence-electron chi connectivity index (χ1n) is 8.82. The Hall–Kier alpha value is -3.12. The third kappa shape index (κ3) is 2.37. The Morgan fingerprint density at radius 2 is 1.81 bits per heavy atom. The molecule has 0 radical (unpaired) electrons. The molecule has 3 aliphatic heterocycles. The lowest BCUT2D eigenvalue weighted by molar-refractivity contribution is -0.146. The monoisotopic (exact) mass is 363 g/mol. The summed E-state index contributed by atoms with van der Waals surface area (Å²) in [4.78, 5) is 26.2. The van der Waals surface area contributed by atoms with E-state index < -0.39 is 29.5 Å². The highest BCUT2D eigenvalue weighted by molar-refractivity contribution is 6.02. The molecule has 0 aliphatic carbocycles. The summed E-state index contributed by atoms with van der Waals surface area (Å²) in [5, 5.41) is 9.53. The smallest absolute Gasteiger partial charge is 0.310 e. The lowest BCUT2D eigenvalue weighted by Crippen LogP contribution is -2.39. The van der Waals surface area contributed by atoms with Crippen molar-refractivity contribution in [2.75, 3.05) is 11.4 Å². The van der Waals surface area contributed by atoms with Crippen LogP contribution in [0.1, 0.15) is 0 Å². The Balaban J connectivity index is 1.39. The summed E-state index contributed by atoms with van der Waals surface area (Å²) in [7, 11) is 0. The second kappa shape index (κ2) is 5.69. The van der Waals surface area contributed by atoms with Gasteiger partial charge in [-0.15, -0.1) is 0 Å². The molecule has 0 aromatic heterocycles. The van der Waals surface area contributed by atoms with E-state index in [1.807, 2.05) is 36.4 Å². The molecule has 2 aromatic carbocycles. The Labute approximate surface area is 155 Å². The van der Waals surface area contributed by atoms with Crippen LogP contribution >= 0.6 is 0 Å². The van der Waals surface area contributed by atoms with Crippen molar-refractivity contribution in [1.29, 1.82) is 0 Å². The van der Waals surface area contributed by atoms with E-state index in [-0.39, 0.29) is 5.91 Å². The lowest BCUT2D eigenvalue weighted by Gasteiger charge is -2.21. The van der Waals surface area contributed by atoms with Crippen molar-refractivity contribution in [1.82, 2.24) is 0 Å². The number of anilines is 1. The number of nitrogens with zero attached hydrogens (tertiary/aromatic N) is 1. The van der Waals surface area contributed by atoms with Crippen LogP contribution in [0.15, 0.2) is 66.7 Å². The zero-order valence-corrected chi connectivity index (χ0v) is 14.3. The molecule has 6 nitrogen and oxygen atoms in total. The first-order valence-corrected chi connectivity index (χ1v) is 8.82. The first-order chi connectivity index (χ1) is 13.1. The maximum absolute atomic E-state index is 13.0. The number of hydrogen-bond acceptors (Lipinski definition) is 4. The largest absolute Gasteiger partial charge is 0.481 e. The quantitative estimate of drug-likeness (QED) is 0.846. The molecule has 2 fully saturated rings. The number of para-hydroxylation sites is 1. The summed E-state index contributed by atoms with van der Waals surface area (Å²) in [6, 6.07) is 16.6. The molecule has 5 rings (SSSR count). The molecule has 1 spiro atoms. The molecule has 6 heteroatoms. The topological polar surface area (TPSA) is 76.1 Å². The number of hydrogen-bond donors (Lipinski definition) is 1. The Morgan fingerprint density at radius 3 is 2.52 bits per heavy atom. The standard InChI is InChI=1S/C21H17NO5/c23-19-18-17(20(24)25)16-10-11-21(18,27-16)12-22(19)13-6-8-15(9-7-13)26-14-4-2-1-3-5-14/h1-11,16-18H,12H2,(H,24,25)/t16-,17-,18-,21-/m1/s1. The normalized spacial score (nSPS) is 30.6. The Kier molecular flexibility index (Phi) is 3.39. The van der Waals surface area contributed by atoms with Gasteiger partial charge in [0.15, 0.2) is 0 Å². The van der Waals surface area contributed by atoms with E-state index in [0.717, 1.165) is 5.75 Å². The minimum atomic E-state index is -0.988. The van der Waals surface area contributed by atoms with Crippen molar-refractivity contribution in [3.63, 3.8) is 0 Å². The van der Waals surface area contributed by atoms with E-state index >= 15 is 0 Å². The van der Waals surface area contributed by atoms with Gasteiger partial charge in [-0.3, -0.25) is 9.59 Å². The van der Waals surface area contributed by atoms with Gasteiger partial charge in [-0.1, -0.05) is 30.4 Å². The molecular formula is C21H17NO5. The number of aliphatic carboxylic acids is 1. The van der Waals surface area contributed by atoms with Crippen LogP contribution < -0.4 is 9.64 Å². The number of carbonyl (C=O) groups is 2. The molecular weight excluding hydrogens is 346 g/mol. The molecule has 1 N–H and O–H groups in total. The third-order valence-corrected chi connectivity index (χ3v) is 5.51. The number of benzene rings is 2. The van der Waals surface area contributed by atoms with Gasteiger partial charge in [0.25, 0.3) is 0 Å². The van der Waals surface area contributed by atoms with E-state index in [2.05, 4.69) is 0 Å². The fraction of sp³-hybridized carbons (Fsp3) is 0.238. The summed E-state index contributed by atoms with van der Waals surface area (Å²) in [5.74, 6) is -1.30. The van der Waals surface area contributed by atoms with Crippen molar-refractivity contribution in [3.8, 4) is 11.5 Å². The molecule has 3 aliphatic rings. The molecule has 27 heavy (non-hydrogen) atoms. The van der Waals surface area contributed by atoms with Gasteiger partial charge in [0.2, 0.25) is 5.91 Å². The van der Waals surface area contributed by atoms with Crippen molar-refractivity contribution in [3.05, 3.63) is 66.7 Å². The average Bonchev–Trinajstić information content (AvgIpc) is 3.31. The maximum atomic E-state index is 13.0. The molecule has 2 saturated heterocycles. The van der Waals surface area contributed by atoms with Crippen LogP contribution in [0.2, 0.25) is 0 Å². The highest BCUT2D eigenvalue weighted by atomic mass is 16.5. The number of carboxylic acids is 1. The lowest BCUT2D eigenvalue weighted by atomic mass is 9.77. The average molecular weight is 363 g/mol. The van der Waals surface area contributed by atoms with Crippen molar-refractivity contribution >= 4 is 17.6 Å². The van der Waals surface area contributed by atoms with Crippen LogP contribution in [0.25, 0.3) is 0 Å². The third-order valence-electron chi connectivity index (χ3n) is 5.51. The Bertz CT molecular complexity index is 939. The zero-order valence-electron chi connectivity index (χ0n) is 14.3. The summed E-state index contributed by atoms with van der Waals surface area (Å²) >= 11 is 0. The molecule has 0 unspecified atom stereocenters. The maximum Gasteiger partial charge on any atom is 0.310 e. The summed E-state index contributed by atoms with van der Waals surface area (Å²) in [6.45, 7) is 0.326. The van der Waals surface area contributed by atoms with Gasteiger partial charge in [0, 0.05) is 5.69 Å². The minimum Gasteiger partial charge on any atom is -0.481 e. The van der Waals surface area contributed by atoms with Crippen molar-refractivity contribution in [2.24, 2.45) is 11.8 Å². The highest BCUT2D eigenvalue weighted by Crippen LogP contribution is 2.52. The van der Waals surface area contributed by atoms with E-state index in [4.69, 9.17) is 9.47 Å². The molecule has 2 aromatic rings. The molecule has 0 saturated carbocycles. The first kappa shape index (κ1) is 16.1. The predicted molar refractivity (Wildman–Crippen MR) is 96.7 cm³/mol. The van der Waals surface area contributed by atoms with Gasteiger partial charge >= 0.3 is 5.97 Å². The van der Waals surface area contributed by atoms with Gasteiger partial charge in [0.05, 0.1) is 18.6 Å². The minimum absolute atomic E-state index is 0.203. The summed E-state index contributed by atoms with van der Waals surface area (Å²) < 4.78 is 11.7. The van der Waals surface area contributed by atoms with E-state index in [1.165, 1.54) is 0 Å². The predicted octanol–water partition coefficient (Wildman–Crippen LogP) is 2.85. The van der Waals surface area contributed by atoms with Gasteiger partial charge in [-0.25, -0.2) is 0 Å². The van der Waals surface area contributed by atoms with Crippen LogP contribution in [0.3, 0.4) is 0 Å². The van der Waals surface area contributed by atoms with Crippen LogP contribution in [0, 0.1) is 11.8 Å². The molecule has 136 valence electrons. The number of ether oxygens (including phenoxy) is 2. The summed E-state index contributed by atoms with van der Waals surface area (Å²) in [5.41, 5.74) is -0.127. The fourth-order valence-corrected chi connectivity index (χ4v) is 4.32. The molecule has 4 atom stereocenters. The van der Waals surface area contributed by atoms with E-state index in [1.54, 1.807) is 35.2 Å². The van der Waals surface area contributed by atoms with Crippen molar-refractivity contribution in [2.45, 2.75) is 11.7 Å². The fourth-order valence-electron chi connectivity index (χ4n) is 4.32. The van der Waals surface area contributed by atoms with Crippen molar-refractivity contribution < 1.29 is 24.2 Å². The summed E-state index contributed by atoms with van der Waals surface area (Å²) in [6.07, 6.45) is 3.11. The highest BCUT2D eigenvalue weighted by Gasteiger charge is 2.67. The van der Waals surface area contributed by atoms with Gasteiger partial charge in [-0.05, 0) is 36.4 Å². The Morgan fingerprint density at radius 1 is 1.11 bits per heavy atom. The number of fused-ring (bicyclic) bond motifs is 1. The molecule has 3 heterocycles. The van der Waals surface area contributed by atoms with E-state index in [0.29, 0.717) is 18.0 Å².